The number of benzene rings is 2. The summed E-state index contributed by atoms with van der Waals surface area (Å²) >= 11 is 0. The van der Waals surface area contributed by atoms with Crippen molar-refractivity contribution in [1.82, 2.24) is 0 Å². The second kappa shape index (κ2) is 7.36. The summed E-state index contributed by atoms with van der Waals surface area (Å²) in [5.74, 6) is 0.214. The highest BCUT2D eigenvalue weighted by atomic mass is 35.5. The molecule has 6 heteroatoms. The van der Waals surface area contributed by atoms with Crippen molar-refractivity contribution in [3.05, 3.63) is 60.0 Å². The van der Waals surface area contributed by atoms with Crippen LogP contribution in [-0.2, 0) is 13.0 Å². The summed E-state index contributed by atoms with van der Waals surface area (Å²) in [5.41, 5.74) is 0.861. The minimum absolute atomic E-state index is 0. The Labute approximate surface area is 145 Å². The third-order valence-corrected chi connectivity index (χ3v) is 3.79. The molecule has 0 saturated heterocycles. The fourth-order valence-corrected chi connectivity index (χ4v) is 2.58. The standard InChI is InChI=1S/C18H16FNO3.ClH/c1-23-17-9-14-11-20(18(22)10-13(14)8-16(17)21)6-5-12-3-2-4-15(19)7-12;/h2-4,7-11H,5-6H2,1H3,(H,21,22);1H. The van der Waals surface area contributed by atoms with Crippen LogP contribution in [0.15, 0.2) is 48.7 Å². The molecule has 0 radical (unpaired) electrons. The maximum absolute atomic E-state index is 13.2. The molecule has 0 aliphatic carbocycles. The van der Waals surface area contributed by atoms with Crippen LogP contribution in [0, 0.1) is 5.82 Å². The number of phenolic OH excluding ortho intramolecular Hbond substituents is 1. The smallest absolute Gasteiger partial charge is 0.365 e. The average Bonchev–Trinajstić information content (AvgIpc) is 2.52. The maximum Gasteiger partial charge on any atom is 0.365 e. The first-order valence-corrected chi connectivity index (χ1v) is 7.24. The SMILES string of the molecule is COc1cc2c[n+](CCc3cccc(F)c3)c(O)cc2cc1O.[Cl-]. The third-order valence-electron chi connectivity index (χ3n) is 3.79. The van der Waals surface area contributed by atoms with Gasteiger partial charge in [-0.25, -0.2) is 4.39 Å². The molecule has 0 fully saturated rings. The molecule has 3 aromatic rings. The van der Waals surface area contributed by atoms with Gasteiger partial charge in [0.25, 0.3) is 0 Å². The number of rotatable bonds is 4. The lowest BCUT2D eigenvalue weighted by atomic mass is 10.1. The predicted octanol–water partition coefficient (Wildman–Crippen LogP) is -0.0671. The summed E-state index contributed by atoms with van der Waals surface area (Å²) in [6.45, 7) is 0.508. The quantitative estimate of drug-likeness (QED) is 0.649. The Morgan fingerprint density at radius 1 is 1.08 bits per heavy atom. The normalized spacial score (nSPS) is 10.4. The van der Waals surface area contributed by atoms with E-state index >= 15 is 0 Å². The minimum Gasteiger partial charge on any atom is -1.00 e. The van der Waals surface area contributed by atoms with Crippen LogP contribution in [0.5, 0.6) is 17.4 Å². The van der Waals surface area contributed by atoms with Crippen LogP contribution in [-0.4, -0.2) is 17.3 Å². The van der Waals surface area contributed by atoms with Crippen molar-refractivity contribution in [2.24, 2.45) is 0 Å². The Hall–Kier alpha value is -2.53. The molecule has 0 aliphatic rings. The fraction of sp³-hybridized carbons (Fsp3) is 0.167. The van der Waals surface area contributed by atoms with Crippen LogP contribution in [0.25, 0.3) is 10.8 Å². The predicted molar refractivity (Wildman–Crippen MR) is 84.1 cm³/mol. The van der Waals surface area contributed by atoms with Crippen LogP contribution >= 0.6 is 0 Å². The lowest BCUT2D eigenvalue weighted by Crippen LogP contribution is -3.00. The van der Waals surface area contributed by atoms with E-state index in [-0.39, 0.29) is 29.9 Å². The summed E-state index contributed by atoms with van der Waals surface area (Å²) in [6, 6.07) is 11.3. The molecule has 24 heavy (non-hydrogen) atoms. The second-order valence-electron chi connectivity index (χ2n) is 5.36. The van der Waals surface area contributed by atoms with Crippen molar-refractivity contribution >= 4 is 10.8 Å². The van der Waals surface area contributed by atoms with Gasteiger partial charge >= 0.3 is 5.88 Å². The van der Waals surface area contributed by atoms with E-state index in [2.05, 4.69) is 0 Å². The van der Waals surface area contributed by atoms with E-state index in [1.54, 1.807) is 35.0 Å². The molecule has 1 aromatic heterocycles. The fourth-order valence-electron chi connectivity index (χ4n) is 2.58. The third kappa shape index (κ3) is 3.68. The van der Waals surface area contributed by atoms with E-state index < -0.39 is 0 Å². The van der Waals surface area contributed by atoms with Crippen molar-refractivity contribution in [3.63, 3.8) is 0 Å². The van der Waals surface area contributed by atoms with Gasteiger partial charge in [-0.3, -0.25) is 0 Å². The molecule has 0 aliphatic heterocycles. The van der Waals surface area contributed by atoms with Crippen LogP contribution in [0.1, 0.15) is 5.56 Å². The van der Waals surface area contributed by atoms with Gasteiger partial charge in [-0.1, -0.05) is 12.1 Å². The Bertz CT molecular complexity index is 870. The number of nitrogens with zero attached hydrogens (tertiary/aromatic N) is 1. The van der Waals surface area contributed by atoms with E-state index in [9.17, 15) is 14.6 Å². The summed E-state index contributed by atoms with van der Waals surface area (Å²) in [6.07, 6.45) is 2.38. The van der Waals surface area contributed by atoms with Crippen LogP contribution in [0.3, 0.4) is 0 Å². The molecule has 126 valence electrons. The van der Waals surface area contributed by atoms with E-state index in [0.717, 1.165) is 10.9 Å². The van der Waals surface area contributed by atoms with Crippen molar-refractivity contribution in [3.8, 4) is 17.4 Å². The molecule has 0 amide bonds. The molecule has 0 bridgehead atoms. The summed E-state index contributed by atoms with van der Waals surface area (Å²) in [5, 5.41) is 21.5. The molecule has 4 nitrogen and oxygen atoms in total. The molecule has 0 atom stereocenters. The Kier molecular flexibility index (Phi) is 5.46. The van der Waals surface area contributed by atoms with E-state index in [1.807, 2.05) is 6.07 Å². The van der Waals surface area contributed by atoms with E-state index in [0.29, 0.717) is 24.1 Å². The number of halogens is 2. The number of methoxy groups -OCH3 is 1. The van der Waals surface area contributed by atoms with Gasteiger partial charge in [-0.05, 0) is 29.8 Å². The largest absolute Gasteiger partial charge is 1.00 e. The van der Waals surface area contributed by atoms with E-state index in [1.165, 1.54) is 19.2 Å². The number of aryl methyl sites for hydroxylation is 2. The summed E-state index contributed by atoms with van der Waals surface area (Å²) in [7, 11) is 1.49. The van der Waals surface area contributed by atoms with Gasteiger partial charge in [0.1, 0.15) is 5.82 Å². The zero-order valence-electron chi connectivity index (χ0n) is 13.0. The maximum atomic E-state index is 13.2. The van der Waals surface area contributed by atoms with Gasteiger partial charge in [0.2, 0.25) is 0 Å². The van der Waals surface area contributed by atoms with Crippen molar-refractivity contribution in [1.29, 1.82) is 0 Å². The first-order valence-electron chi connectivity index (χ1n) is 7.24. The number of ether oxygens (including phenoxy) is 1. The van der Waals surface area contributed by atoms with Crippen molar-refractivity contribution in [2.45, 2.75) is 13.0 Å². The van der Waals surface area contributed by atoms with Crippen molar-refractivity contribution in [2.75, 3.05) is 7.11 Å². The highest BCUT2D eigenvalue weighted by molar-refractivity contribution is 5.85. The molecule has 0 spiro atoms. The number of aromatic hydroxyl groups is 2. The number of aromatic nitrogens is 1. The number of hydrogen-bond acceptors (Lipinski definition) is 3. The Morgan fingerprint density at radius 2 is 1.88 bits per heavy atom. The highest BCUT2D eigenvalue weighted by Gasteiger charge is 2.14. The van der Waals surface area contributed by atoms with Crippen molar-refractivity contribution < 1.29 is 36.3 Å². The van der Waals surface area contributed by atoms with Crippen LogP contribution in [0.4, 0.5) is 4.39 Å². The van der Waals surface area contributed by atoms with Crippen LogP contribution < -0.4 is 21.7 Å². The van der Waals surface area contributed by atoms with Gasteiger partial charge in [0.15, 0.2) is 24.2 Å². The first kappa shape index (κ1) is 17.8. The van der Waals surface area contributed by atoms with Gasteiger partial charge in [0, 0.05) is 17.2 Å². The topological polar surface area (TPSA) is 53.6 Å². The summed E-state index contributed by atoms with van der Waals surface area (Å²) in [4.78, 5) is 0. The second-order valence-corrected chi connectivity index (χ2v) is 5.36. The minimum atomic E-state index is -0.268. The molecule has 0 saturated carbocycles. The lowest BCUT2D eigenvalue weighted by Gasteiger charge is -2.06. The Balaban J connectivity index is 0.00000208. The number of hydrogen-bond donors (Lipinski definition) is 2. The average molecular weight is 350 g/mol. The molecule has 3 rings (SSSR count). The molecular formula is C18H17ClFNO3. The Morgan fingerprint density at radius 3 is 2.58 bits per heavy atom. The van der Waals surface area contributed by atoms with Crippen LogP contribution in [0.2, 0.25) is 0 Å². The zero-order chi connectivity index (χ0) is 16.4. The highest BCUT2D eigenvalue weighted by Crippen LogP contribution is 2.31. The van der Waals surface area contributed by atoms with Gasteiger partial charge < -0.3 is 27.4 Å². The first-order chi connectivity index (χ1) is 11.1. The van der Waals surface area contributed by atoms with Gasteiger partial charge in [-0.15, -0.1) is 0 Å². The van der Waals surface area contributed by atoms with Gasteiger partial charge in [-0.2, -0.15) is 4.57 Å². The molecule has 0 unspecified atom stereocenters. The molecule has 1 heterocycles. The summed E-state index contributed by atoms with van der Waals surface area (Å²) < 4.78 is 20.0. The monoisotopic (exact) mass is 349 g/mol. The van der Waals surface area contributed by atoms with Gasteiger partial charge in [0.05, 0.1) is 13.2 Å². The number of pyridine rings is 1. The zero-order valence-corrected chi connectivity index (χ0v) is 13.8. The van der Waals surface area contributed by atoms with E-state index in [4.69, 9.17) is 4.74 Å². The molecule has 2 aromatic carbocycles. The number of fused-ring (bicyclic) bond motifs is 1. The molecule has 2 N–H and O–H groups in total. The number of phenols is 1. The molecular weight excluding hydrogens is 333 g/mol. The lowest BCUT2D eigenvalue weighted by molar-refractivity contribution is -0.700.